The van der Waals surface area contributed by atoms with Gasteiger partial charge in [0.15, 0.2) is 0 Å². The van der Waals surface area contributed by atoms with Gasteiger partial charge in [0.1, 0.15) is 18.2 Å². The van der Waals surface area contributed by atoms with E-state index in [1.54, 1.807) is 0 Å². The van der Waals surface area contributed by atoms with E-state index in [1.807, 2.05) is 48.5 Å². The number of esters is 1. The molecule has 1 aliphatic rings. The summed E-state index contributed by atoms with van der Waals surface area (Å²) in [6.45, 7) is 0.343. The Morgan fingerprint density at radius 2 is 1.72 bits per heavy atom. The third-order valence-corrected chi connectivity index (χ3v) is 4.76. The normalized spacial score (nSPS) is 17.8. The number of methoxy groups -OCH3 is 1. The summed E-state index contributed by atoms with van der Waals surface area (Å²) in [7, 11) is 1.32. The predicted octanol–water partition coefficient (Wildman–Crippen LogP) is 2.51. The van der Waals surface area contributed by atoms with Gasteiger partial charge < -0.3 is 20.5 Å². The standard InChI is InChI=1S/C21H23N3O4.ClH/c1-27-19(25)11-16-10-17(24-21(16)26)12-28-18-8-6-14(7-9-18)13-2-4-15(5-3-13)20(22)23;/h2-9,16-17H,10-12H2,1H3,(H3,22,23)(H,24,26);1H/t16-,17-;/m0./s1. The van der Waals surface area contributed by atoms with E-state index in [0.717, 1.165) is 11.1 Å². The zero-order chi connectivity index (χ0) is 20.1. The van der Waals surface area contributed by atoms with Crippen LogP contribution in [0.2, 0.25) is 0 Å². The molecule has 29 heavy (non-hydrogen) atoms. The summed E-state index contributed by atoms with van der Waals surface area (Å²) < 4.78 is 10.4. The van der Waals surface area contributed by atoms with E-state index in [2.05, 4.69) is 10.1 Å². The molecular weight excluding hydrogens is 394 g/mol. The van der Waals surface area contributed by atoms with Gasteiger partial charge in [0.25, 0.3) is 0 Å². The van der Waals surface area contributed by atoms with Gasteiger partial charge in [-0.1, -0.05) is 36.4 Å². The SMILES string of the molecule is COC(=O)C[C@@H]1C[C@@H](COc2ccc(-c3ccc(C(=N)N)cc3)cc2)NC1=O.Cl. The van der Waals surface area contributed by atoms with Gasteiger partial charge in [0, 0.05) is 5.56 Å². The molecule has 0 saturated carbocycles. The number of halogens is 1. The van der Waals surface area contributed by atoms with Crippen molar-refractivity contribution in [2.75, 3.05) is 13.7 Å². The van der Waals surface area contributed by atoms with Crippen LogP contribution in [0.3, 0.4) is 0 Å². The van der Waals surface area contributed by atoms with E-state index < -0.39 is 0 Å². The van der Waals surface area contributed by atoms with Gasteiger partial charge in [-0.15, -0.1) is 12.4 Å². The van der Waals surface area contributed by atoms with E-state index in [-0.39, 0.29) is 48.5 Å². The molecule has 2 aromatic rings. The smallest absolute Gasteiger partial charge is 0.306 e. The molecule has 3 rings (SSSR count). The summed E-state index contributed by atoms with van der Waals surface area (Å²) >= 11 is 0. The Bertz CT molecular complexity index is 868. The lowest BCUT2D eigenvalue weighted by atomic mass is 10.0. The number of hydrogen-bond acceptors (Lipinski definition) is 5. The highest BCUT2D eigenvalue weighted by molar-refractivity contribution is 5.95. The van der Waals surface area contributed by atoms with Gasteiger partial charge in [-0.25, -0.2) is 0 Å². The molecule has 1 amide bonds. The first-order chi connectivity index (χ1) is 13.5. The summed E-state index contributed by atoms with van der Waals surface area (Å²) in [6.07, 6.45) is 0.643. The van der Waals surface area contributed by atoms with Crippen molar-refractivity contribution in [2.24, 2.45) is 11.7 Å². The number of amides is 1. The Kier molecular flexibility index (Phi) is 7.61. The molecule has 0 spiro atoms. The Morgan fingerprint density at radius 3 is 2.28 bits per heavy atom. The highest BCUT2D eigenvalue weighted by Crippen LogP contribution is 2.24. The zero-order valence-corrected chi connectivity index (χ0v) is 16.8. The number of nitrogens with one attached hydrogen (secondary N) is 2. The second-order valence-corrected chi connectivity index (χ2v) is 6.74. The van der Waals surface area contributed by atoms with Crippen LogP contribution in [-0.2, 0) is 14.3 Å². The Labute approximate surface area is 175 Å². The minimum absolute atomic E-state index is 0. The molecule has 4 N–H and O–H groups in total. The number of hydrogen-bond donors (Lipinski definition) is 3. The lowest BCUT2D eigenvalue weighted by molar-refractivity contribution is -0.143. The van der Waals surface area contributed by atoms with E-state index in [9.17, 15) is 9.59 Å². The molecular formula is C21H24ClN3O4. The number of rotatable bonds is 7. The Morgan fingerprint density at radius 1 is 1.14 bits per heavy atom. The van der Waals surface area contributed by atoms with Gasteiger partial charge in [0.05, 0.1) is 25.5 Å². The molecule has 1 aliphatic heterocycles. The molecule has 7 nitrogen and oxygen atoms in total. The first-order valence-electron chi connectivity index (χ1n) is 9.01. The fourth-order valence-electron chi connectivity index (χ4n) is 3.18. The van der Waals surface area contributed by atoms with Crippen LogP contribution in [0.4, 0.5) is 0 Å². The predicted molar refractivity (Wildman–Crippen MR) is 112 cm³/mol. The number of amidine groups is 1. The van der Waals surface area contributed by atoms with Gasteiger partial charge in [-0.05, 0) is 29.7 Å². The van der Waals surface area contributed by atoms with Gasteiger partial charge in [-0.3, -0.25) is 15.0 Å². The summed E-state index contributed by atoms with van der Waals surface area (Å²) in [5, 5.41) is 10.3. The molecule has 1 heterocycles. The van der Waals surface area contributed by atoms with Gasteiger partial charge >= 0.3 is 5.97 Å². The van der Waals surface area contributed by atoms with Crippen LogP contribution in [0.1, 0.15) is 18.4 Å². The summed E-state index contributed by atoms with van der Waals surface area (Å²) in [6, 6.07) is 15.0. The van der Waals surface area contributed by atoms with Crippen molar-refractivity contribution in [1.82, 2.24) is 5.32 Å². The second kappa shape index (κ2) is 9.93. The van der Waals surface area contributed by atoms with Crippen molar-refractivity contribution < 1.29 is 19.1 Å². The van der Waals surface area contributed by atoms with E-state index in [0.29, 0.717) is 24.3 Å². The summed E-state index contributed by atoms with van der Waals surface area (Å²) in [5.41, 5.74) is 8.20. The van der Waals surface area contributed by atoms with Crippen LogP contribution in [0.25, 0.3) is 11.1 Å². The summed E-state index contributed by atoms with van der Waals surface area (Å²) in [5.74, 6) is -0.128. The van der Waals surface area contributed by atoms with Crippen molar-refractivity contribution in [3.05, 3.63) is 54.1 Å². The first-order valence-corrected chi connectivity index (χ1v) is 9.01. The van der Waals surface area contributed by atoms with Crippen molar-refractivity contribution in [3.8, 4) is 16.9 Å². The van der Waals surface area contributed by atoms with Crippen molar-refractivity contribution in [3.63, 3.8) is 0 Å². The monoisotopic (exact) mass is 417 g/mol. The van der Waals surface area contributed by atoms with Crippen LogP contribution >= 0.6 is 12.4 Å². The highest BCUT2D eigenvalue weighted by atomic mass is 35.5. The van der Waals surface area contributed by atoms with E-state index in [4.69, 9.17) is 15.9 Å². The maximum atomic E-state index is 11.9. The number of carbonyl (C=O) groups excluding carboxylic acids is 2. The molecule has 1 fully saturated rings. The average Bonchev–Trinajstić information content (AvgIpc) is 3.06. The van der Waals surface area contributed by atoms with Gasteiger partial charge in [-0.2, -0.15) is 0 Å². The molecule has 2 atom stereocenters. The second-order valence-electron chi connectivity index (χ2n) is 6.74. The van der Waals surface area contributed by atoms with Crippen LogP contribution in [-0.4, -0.2) is 37.5 Å². The Hall–Kier alpha value is -3.06. The lowest BCUT2D eigenvalue weighted by Crippen LogP contribution is -2.31. The average molecular weight is 418 g/mol. The topological polar surface area (TPSA) is 114 Å². The third-order valence-electron chi connectivity index (χ3n) is 4.76. The first kappa shape index (κ1) is 22.2. The minimum atomic E-state index is -0.381. The Balaban J connectivity index is 0.00000300. The van der Waals surface area contributed by atoms with Crippen molar-refractivity contribution in [1.29, 1.82) is 5.41 Å². The number of nitrogens with two attached hydrogens (primary N) is 1. The van der Waals surface area contributed by atoms with Crippen molar-refractivity contribution in [2.45, 2.75) is 18.9 Å². The van der Waals surface area contributed by atoms with Crippen LogP contribution in [0.5, 0.6) is 5.75 Å². The maximum Gasteiger partial charge on any atom is 0.306 e. The number of nitrogen functional groups attached to an aromatic ring is 1. The lowest BCUT2D eigenvalue weighted by Gasteiger charge is -2.12. The fourth-order valence-corrected chi connectivity index (χ4v) is 3.18. The third kappa shape index (κ3) is 5.71. The van der Waals surface area contributed by atoms with Crippen LogP contribution in [0.15, 0.2) is 48.5 Å². The molecule has 0 unspecified atom stereocenters. The molecule has 8 heteroatoms. The zero-order valence-electron chi connectivity index (χ0n) is 16.0. The van der Waals surface area contributed by atoms with E-state index in [1.165, 1.54) is 7.11 Å². The number of carbonyl (C=O) groups is 2. The van der Waals surface area contributed by atoms with Crippen LogP contribution in [0, 0.1) is 11.3 Å². The number of benzene rings is 2. The fraction of sp³-hybridized carbons (Fsp3) is 0.286. The van der Waals surface area contributed by atoms with Crippen molar-refractivity contribution >= 4 is 30.1 Å². The van der Waals surface area contributed by atoms with E-state index >= 15 is 0 Å². The minimum Gasteiger partial charge on any atom is -0.491 e. The van der Waals surface area contributed by atoms with Crippen LogP contribution < -0.4 is 15.8 Å². The largest absolute Gasteiger partial charge is 0.491 e. The van der Waals surface area contributed by atoms with Gasteiger partial charge in [0.2, 0.25) is 5.91 Å². The summed E-state index contributed by atoms with van der Waals surface area (Å²) in [4.78, 5) is 23.3. The maximum absolute atomic E-state index is 11.9. The molecule has 2 aromatic carbocycles. The number of ether oxygens (including phenoxy) is 2. The highest BCUT2D eigenvalue weighted by Gasteiger charge is 2.34. The molecule has 0 radical (unpaired) electrons. The molecule has 0 bridgehead atoms. The molecule has 154 valence electrons. The molecule has 1 saturated heterocycles. The quantitative estimate of drug-likeness (QED) is 0.364. The molecule has 0 aliphatic carbocycles. The molecule has 0 aromatic heterocycles.